The fraction of sp³-hybridized carbons (Fsp3) is 0.438. The Kier molecular flexibility index (Phi) is 5.00. The predicted molar refractivity (Wildman–Crippen MR) is 85.3 cm³/mol. The van der Waals surface area contributed by atoms with Crippen LogP contribution in [0.4, 0.5) is 4.79 Å². The van der Waals surface area contributed by atoms with Gasteiger partial charge in [-0.05, 0) is 26.8 Å². The molecule has 1 unspecified atom stereocenters. The van der Waals surface area contributed by atoms with E-state index >= 15 is 0 Å². The van der Waals surface area contributed by atoms with Gasteiger partial charge in [0.15, 0.2) is 0 Å². The quantitative estimate of drug-likeness (QED) is 0.897. The van der Waals surface area contributed by atoms with Gasteiger partial charge in [-0.25, -0.2) is 14.8 Å². The first-order valence-corrected chi connectivity index (χ1v) is 7.25. The summed E-state index contributed by atoms with van der Waals surface area (Å²) in [7, 11) is 1.50. The maximum atomic E-state index is 11.7. The molecule has 7 nitrogen and oxygen atoms in total. The van der Waals surface area contributed by atoms with Crippen LogP contribution in [-0.2, 0) is 4.74 Å². The SMILES string of the molecule is COc1cnc2cccc(C(O)CNC(=O)OC(C)(C)C)c2n1. The second-order valence-corrected chi connectivity index (χ2v) is 6.03. The van der Waals surface area contributed by atoms with E-state index in [2.05, 4.69) is 15.3 Å². The standard InChI is InChI=1S/C16H21N3O4/c1-16(2,3)23-15(21)18-8-12(20)10-6-5-7-11-14(10)19-13(22-4)9-17-11/h5-7,9,12,20H,8H2,1-4H3,(H,18,21). The van der Waals surface area contributed by atoms with Crippen LogP contribution in [0.1, 0.15) is 32.4 Å². The lowest BCUT2D eigenvalue weighted by atomic mass is 10.1. The van der Waals surface area contributed by atoms with Crippen molar-refractivity contribution >= 4 is 17.1 Å². The predicted octanol–water partition coefficient (Wildman–Crippen LogP) is 2.20. The van der Waals surface area contributed by atoms with Crippen molar-refractivity contribution < 1.29 is 19.4 Å². The van der Waals surface area contributed by atoms with Crippen molar-refractivity contribution in [2.24, 2.45) is 0 Å². The van der Waals surface area contributed by atoms with E-state index < -0.39 is 17.8 Å². The number of hydrogen-bond acceptors (Lipinski definition) is 6. The molecule has 1 aromatic heterocycles. The van der Waals surface area contributed by atoms with Gasteiger partial charge in [0.25, 0.3) is 0 Å². The number of carbonyl (C=O) groups is 1. The van der Waals surface area contributed by atoms with E-state index in [1.54, 1.807) is 39.0 Å². The summed E-state index contributed by atoms with van der Waals surface area (Å²) < 4.78 is 10.2. The highest BCUT2D eigenvalue weighted by atomic mass is 16.6. The third kappa shape index (κ3) is 4.53. The summed E-state index contributed by atoms with van der Waals surface area (Å²) in [4.78, 5) is 20.2. The number of nitrogens with zero attached hydrogens (tertiary/aromatic N) is 2. The first-order chi connectivity index (χ1) is 10.8. The minimum atomic E-state index is -0.937. The first kappa shape index (κ1) is 17.0. The van der Waals surface area contributed by atoms with Gasteiger partial charge in [0.05, 0.1) is 37.0 Å². The molecular formula is C16H21N3O4. The average molecular weight is 319 g/mol. The first-order valence-electron chi connectivity index (χ1n) is 7.25. The van der Waals surface area contributed by atoms with Crippen molar-refractivity contribution in [3.05, 3.63) is 30.0 Å². The van der Waals surface area contributed by atoms with E-state index in [9.17, 15) is 9.90 Å². The Balaban J connectivity index is 2.14. The molecule has 0 saturated carbocycles. The number of ether oxygens (including phenoxy) is 2. The number of para-hydroxylation sites is 1. The summed E-state index contributed by atoms with van der Waals surface area (Å²) in [6.07, 6.45) is -0.00895. The van der Waals surface area contributed by atoms with E-state index in [1.165, 1.54) is 13.3 Å². The Morgan fingerprint density at radius 2 is 2.13 bits per heavy atom. The van der Waals surface area contributed by atoms with Gasteiger partial charge in [0.1, 0.15) is 5.60 Å². The Labute approximate surface area is 134 Å². The fourth-order valence-electron chi connectivity index (χ4n) is 2.01. The number of benzene rings is 1. The molecule has 7 heteroatoms. The topological polar surface area (TPSA) is 93.6 Å². The molecule has 0 aliphatic carbocycles. The highest BCUT2D eigenvalue weighted by Crippen LogP contribution is 2.23. The summed E-state index contributed by atoms with van der Waals surface area (Å²) >= 11 is 0. The smallest absolute Gasteiger partial charge is 0.407 e. The van der Waals surface area contributed by atoms with Crippen molar-refractivity contribution in [2.45, 2.75) is 32.5 Å². The molecule has 0 saturated heterocycles. The molecule has 0 bridgehead atoms. The van der Waals surface area contributed by atoms with E-state index in [-0.39, 0.29) is 6.54 Å². The third-order valence-electron chi connectivity index (χ3n) is 2.99. The molecule has 1 heterocycles. The molecule has 124 valence electrons. The van der Waals surface area contributed by atoms with Crippen molar-refractivity contribution in [3.8, 4) is 5.88 Å². The number of nitrogens with one attached hydrogen (secondary N) is 1. The molecule has 1 aromatic carbocycles. The largest absolute Gasteiger partial charge is 0.480 e. The molecule has 2 N–H and O–H groups in total. The lowest BCUT2D eigenvalue weighted by Crippen LogP contribution is -2.34. The van der Waals surface area contributed by atoms with Crippen molar-refractivity contribution in [3.63, 3.8) is 0 Å². The summed E-state index contributed by atoms with van der Waals surface area (Å²) in [5.41, 5.74) is 1.14. The Hall–Kier alpha value is -2.41. The fourth-order valence-corrected chi connectivity index (χ4v) is 2.01. The maximum Gasteiger partial charge on any atom is 0.407 e. The molecule has 1 amide bonds. The van der Waals surface area contributed by atoms with Crippen LogP contribution in [0.25, 0.3) is 11.0 Å². The molecule has 1 atom stereocenters. The lowest BCUT2D eigenvalue weighted by Gasteiger charge is -2.20. The zero-order chi connectivity index (χ0) is 17.0. The van der Waals surface area contributed by atoms with Gasteiger partial charge in [-0.15, -0.1) is 0 Å². The molecule has 23 heavy (non-hydrogen) atoms. The number of fused-ring (bicyclic) bond motifs is 1. The van der Waals surface area contributed by atoms with E-state index in [0.29, 0.717) is 22.5 Å². The number of rotatable bonds is 4. The van der Waals surface area contributed by atoms with Gasteiger partial charge in [-0.1, -0.05) is 12.1 Å². The van der Waals surface area contributed by atoms with Crippen molar-refractivity contribution in [2.75, 3.05) is 13.7 Å². The van der Waals surface area contributed by atoms with Crippen molar-refractivity contribution in [1.29, 1.82) is 0 Å². The van der Waals surface area contributed by atoms with Crippen LogP contribution >= 0.6 is 0 Å². The number of aliphatic hydroxyl groups is 1. The van der Waals surface area contributed by atoms with Crippen LogP contribution in [-0.4, -0.2) is 40.4 Å². The number of aromatic nitrogens is 2. The van der Waals surface area contributed by atoms with Crippen LogP contribution in [0.15, 0.2) is 24.4 Å². The van der Waals surface area contributed by atoms with Crippen LogP contribution in [0.5, 0.6) is 5.88 Å². The zero-order valence-corrected chi connectivity index (χ0v) is 13.7. The Morgan fingerprint density at radius 1 is 1.39 bits per heavy atom. The van der Waals surface area contributed by atoms with Crippen molar-refractivity contribution in [1.82, 2.24) is 15.3 Å². The third-order valence-corrected chi connectivity index (χ3v) is 2.99. The number of hydrogen-bond donors (Lipinski definition) is 2. The van der Waals surface area contributed by atoms with Crippen LogP contribution < -0.4 is 10.1 Å². The summed E-state index contributed by atoms with van der Waals surface area (Å²) in [5.74, 6) is 0.359. The molecule has 0 spiro atoms. The van der Waals surface area contributed by atoms with Gasteiger partial charge in [0, 0.05) is 5.56 Å². The second-order valence-electron chi connectivity index (χ2n) is 6.03. The average Bonchev–Trinajstić information content (AvgIpc) is 2.49. The number of aliphatic hydroxyl groups excluding tert-OH is 1. The molecule has 0 aliphatic heterocycles. The molecular weight excluding hydrogens is 298 g/mol. The highest BCUT2D eigenvalue weighted by molar-refractivity contribution is 5.78. The number of carbonyl (C=O) groups excluding carboxylic acids is 1. The second kappa shape index (κ2) is 6.78. The minimum Gasteiger partial charge on any atom is -0.480 e. The summed E-state index contributed by atoms with van der Waals surface area (Å²) in [6, 6.07) is 5.30. The van der Waals surface area contributed by atoms with Gasteiger partial charge < -0.3 is 19.9 Å². The zero-order valence-electron chi connectivity index (χ0n) is 13.7. The van der Waals surface area contributed by atoms with Crippen LogP contribution in [0.3, 0.4) is 0 Å². The van der Waals surface area contributed by atoms with E-state index in [0.717, 1.165) is 0 Å². The Bertz CT molecular complexity index is 697. The summed E-state index contributed by atoms with van der Waals surface area (Å²) in [6.45, 7) is 5.33. The summed E-state index contributed by atoms with van der Waals surface area (Å²) in [5, 5.41) is 12.9. The minimum absolute atomic E-state index is 0.00686. The molecule has 0 fully saturated rings. The highest BCUT2D eigenvalue weighted by Gasteiger charge is 2.18. The van der Waals surface area contributed by atoms with E-state index in [4.69, 9.17) is 9.47 Å². The molecule has 0 radical (unpaired) electrons. The Morgan fingerprint density at radius 3 is 2.78 bits per heavy atom. The van der Waals surface area contributed by atoms with Gasteiger partial charge >= 0.3 is 6.09 Å². The number of methoxy groups -OCH3 is 1. The number of alkyl carbamates (subject to hydrolysis) is 1. The van der Waals surface area contributed by atoms with Crippen LogP contribution in [0.2, 0.25) is 0 Å². The maximum absolute atomic E-state index is 11.7. The number of amides is 1. The monoisotopic (exact) mass is 319 g/mol. The molecule has 0 aliphatic rings. The lowest BCUT2D eigenvalue weighted by molar-refractivity contribution is 0.0492. The molecule has 2 rings (SSSR count). The molecule has 2 aromatic rings. The van der Waals surface area contributed by atoms with E-state index in [1.807, 2.05) is 0 Å². The van der Waals surface area contributed by atoms with Gasteiger partial charge in [-0.2, -0.15) is 0 Å². The van der Waals surface area contributed by atoms with Gasteiger partial charge in [-0.3, -0.25) is 0 Å². The van der Waals surface area contributed by atoms with Gasteiger partial charge in [0.2, 0.25) is 5.88 Å². The normalized spacial score (nSPS) is 12.7. The van der Waals surface area contributed by atoms with Crippen LogP contribution in [0, 0.1) is 0 Å².